The lowest BCUT2D eigenvalue weighted by atomic mass is 10.2. The molecule has 106 valence electrons. The first-order valence-corrected chi connectivity index (χ1v) is 6.74. The normalized spacial score (nSPS) is 10.6. The number of carbonyl (C=O) groups is 2. The molecular formula is C16H10Cl2O3. The van der Waals surface area contributed by atoms with E-state index in [1.54, 1.807) is 36.4 Å². The molecule has 0 aromatic heterocycles. The van der Waals surface area contributed by atoms with Crippen LogP contribution in [-0.4, -0.2) is 12.3 Å². The first-order valence-electron chi connectivity index (χ1n) is 5.98. The predicted octanol–water partition coefficient (Wildman–Crippen LogP) is 4.42. The number of carbonyl (C=O) groups excluding carboxylic acids is 2. The monoisotopic (exact) mass is 320 g/mol. The number of halogens is 2. The van der Waals surface area contributed by atoms with E-state index in [1.807, 2.05) is 0 Å². The highest BCUT2D eigenvalue weighted by Crippen LogP contribution is 2.21. The Labute approximate surface area is 131 Å². The van der Waals surface area contributed by atoms with E-state index in [9.17, 15) is 9.59 Å². The van der Waals surface area contributed by atoms with Crippen LogP contribution in [0, 0.1) is 0 Å². The maximum Gasteiger partial charge on any atom is 0.336 e. The van der Waals surface area contributed by atoms with E-state index < -0.39 is 5.97 Å². The molecule has 0 fully saturated rings. The third-order valence-corrected chi connectivity index (χ3v) is 3.08. The molecule has 2 rings (SSSR count). The van der Waals surface area contributed by atoms with Crippen LogP contribution >= 0.6 is 23.2 Å². The van der Waals surface area contributed by atoms with E-state index in [4.69, 9.17) is 27.9 Å². The maximum absolute atomic E-state index is 11.7. The second-order valence-electron chi connectivity index (χ2n) is 4.11. The lowest BCUT2D eigenvalue weighted by Gasteiger charge is -2.04. The number of esters is 1. The Kier molecular flexibility index (Phi) is 5.14. The van der Waals surface area contributed by atoms with Gasteiger partial charge in [-0.05, 0) is 42.0 Å². The minimum atomic E-state index is -0.588. The zero-order valence-electron chi connectivity index (χ0n) is 10.8. The number of aldehydes is 1. The molecule has 2 aromatic rings. The van der Waals surface area contributed by atoms with Crippen molar-refractivity contribution in [3.05, 3.63) is 69.7 Å². The number of rotatable bonds is 4. The molecule has 5 heteroatoms. The summed E-state index contributed by atoms with van der Waals surface area (Å²) in [5.74, 6) is -0.421. The fourth-order valence-corrected chi connectivity index (χ4v) is 1.89. The van der Waals surface area contributed by atoms with Crippen LogP contribution in [0.1, 0.15) is 15.9 Å². The molecule has 2 aromatic carbocycles. The highest BCUT2D eigenvalue weighted by molar-refractivity contribution is 6.31. The second kappa shape index (κ2) is 7.07. The van der Waals surface area contributed by atoms with Gasteiger partial charge in [-0.2, -0.15) is 0 Å². The standard InChI is InChI=1S/C16H10Cl2O3/c17-13-4-1-11(2-5-13)3-8-16(20)21-15-7-6-14(18)9-12(15)10-19/h1-10H. The van der Waals surface area contributed by atoms with Crippen molar-refractivity contribution in [3.8, 4) is 5.75 Å². The Balaban J connectivity index is 2.08. The van der Waals surface area contributed by atoms with Gasteiger partial charge in [0, 0.05) is 16.1 Å². The van der Waals surface area contributed by atoms with Crippen LogP contribution in [-0.2, 0) is 4.79 Å². The molecule has 0 saturated heterocycles. The van der Waals surface area contributed by atoms with Crippen molar-refractivity contribution in [2.45, 2.75) is 0 Å². The predicted molar refractivity (Wildman–Crippen MR) is 83.0 cm³/mol. The van der Waals surface area contributed by atoms with Crippen molar-refractivity contribution < 1.29 is 14.3 Å². The minimum absolute atomic E-state index is 0.167. The van der Waals surface area contributed by atoms with Crippen molar-refractivity contribution in [1.82, 2.24) is 0 Å². The number of hydrogen-bond acceptors (Lipinski definition) is 3. The number of hydrogen-bond donors (Lipinski definition) is 0. The van der Waals surface area contributed by atoms with Crippen LogP contribution in [0.15, 0.2) is 48.5 Å². The van der Waals surface area contributed by atoms with Gasteiger partial charge in [-0.25, -0.2) is 4.79 Å². The van der Waals surface area contributed by atoms with E-state index in [0.29, 0.717) is 16.3 Å². The molecule has 3 nitrogen and oxygen atoms in total. The van der Waals surface area contributed by atoms with Crippen molar-refractivity contribution in [2.75, 3.05) is 0 Å². The van der Waals surface area contributed by atoms with E-state index in [-0.39, 0.29) is 11.3 Å². The van der Waals surface area contributed by atoms with Gasteiger partial charge < -0.3 is 4.74 Å². The molecule has 0 heterocycles. The van der Waals surface area contributed by atoms with Gasteiger partial charge in [0.15, 0.2) is 6.29 Å². The van der Waals surface area contributed by atoms with Crippen molar-refractivity contribution in [2.24, 2.45) is 0 Å². The van der Waals surface area contributed by atoms with Gasteiger partial charge >= 0.3 is 5.97 Å². The highest BCUT2D eigenvalue weighted by Gasteiger charge is 2.07. The third-order valence-electron chi connectivity index (χ3n) is 2.59. The Morgan fingerprint density at radius 1 is 1.00 bits per heavy atom. The van der Waals surface area contributed by atoms with E-state index in [1.165, 1.54) is 18.2 Å². The van der Waals surface area contributed by atoms with Crippen LogP contribution in [0.25, 0.3) is 6.08 Å². The minimum Gasteiger partial charge on any atom is -0.423 e. The van der Waals surface area contributed by atoms with Gasteiger partial charge in [-0.3, -0.25) is 4.79 Å². The molecule has 0 spiro atoms. The van der Waals surface area contributed by atoms with Gasteiger partial charge in [0.05, 0.1) is 5.56 Å². The summed E-state index contributed by atoms with van der Waals surface area (Å²) in [6, 6.07) is 11.4. The van der Waals surface area contributed by atoms with Crippen LogP contribution in [0.2, 0.25) is 10.0 Å². The molecule has 0 radical (unpaired) electrons. The fraction of sp³-hybridized carbons (Fsp3) is 0. The molecule has 0 aliphatic heterocycles. The van der Waals surface area contributed by atoms with E-state index >= 15 is 0 Å². The summed E-state index contributed by atoms with van der Waals surface area (Å²) >= 11 is 11.5. The summed E-state index contributed by atoms with van der Waals surface area (Å²) in [5, 5.41) is 1.01. The molecule has 0 aliphatic carbocycles. The second-order valence-corrected chi connectivity index (χ2v) is 4.98. The molecule has 0 atom stereocenters. The molecular weight excluding hydrogens is 311 g/mol. The Bertz CT molecular complexity index is 691. The van der Waals surface area contributed by atoms with Crippen molar-refractivity contribution in [1.29, 1.82) is 0 Å². The van der Waals surface area contributed by atoms with Crippen LogP contribution in [0.5, 0.6) is 5.75 Å². The maximum atomic E-state index is 11.7. The number of benzene rings is 2. The van der Waals surface area contributed by atoms with Crippen LogP contribution < -0.4 is 4.74 Å². The van der Waals surface area contributed by atoms with Gasteiger partial charge in [-0.1, -0.05) is 35.3 Å². The summed E-state index contributed by atoms with van der Waals surface area (Å²) < 4.78 is 5.10. The molecule has 0 N–H and O–H groups in total. The van der Waals surface area contributed by atoms with Crippen LogP contribution in [0.3, 0.4) is 0 Å². The van der Waals surface area contributed by atoms with Gasteiger partial charge in [0.25, 0.3) is 0 Å². The van der Waals surface area contributed by atoms with Crippen molar-refractivity contribution in [3.63, 3.8) is 0 Å². The molecule has 0 amide bonds. The first kappa shape index (κ1) is 15.3. The summed E-state index contributed by atoms with van der Waals surface area (Å²) in [4.78, 5) is 22.6. The van der Waals surface area contributed by atoms with E-state index in [2.05, 4.69) is 0 Å². The zero-order valence-corrected chi connectivity index (χ0v) is 12.3. The topological polar surface area (TPSA) is 43.4 Å². The SMILES string of the molecule is O=Cc1cc(Cl)ccc1OC(=O)C=Cc1ccc(Cl)cc1. The van der Waals surface area contributed by atoms with Crippen LogP contribution in [0.4, 0.5) is 0 Å². The van der Waals surface area contributed by atoms with E-state index in [0.717, 1.165) is 5.56 Å². The largest absolute Gasteiger partial charge is 0.423 e. The third kappa shape index (κ3) is 4.45. The van der Waals surface area contributed by atoms with Gasteiger partial charge in [0.1, 0.15) is 5.75 Å². The Morgan fingerprint density at radius 2 is 1.67 bits per heavy atom. The smallest absolute Gasteiger partial charge is 0.336 e. The molecule has 0 saturated carbocycles. The molecule has 21 heavy (non-hydrogen) atoms. The Hall–Kier alpha value is -2.10. The summed E-state index contributed by atoms with van der Waals surface area (Å²) in [6.07, 6.45) is 3.44. The van der Waals surface area contributed by atoms with Gasteiger partial charge in [0.2, 0.25) is 0 Å². The molecule has 0 unspecified atom stereocenters. The summed E-state index contributed by atoms with van der Waals surface area (Å²) in [7, 11) is 0. The van der Waals surface area contributed by atoms with Gasteiger partial charge in [-0.15, -0.1) is 0 Å². The average Bonchev–Trinajstić information content (AvgIpc) is 2.48. The zero-order chi connectivity index (χ0) is 15.2. The lowest BCUT2D eigenvalue weighted by Crippen LogP contribution is -2.05. The highest BCUT2D eigenvalue weighted by atomic mass is 35.5. The summed E-state index contributed by atoms with van der Waals surface area (Å²) in [5.41, 5.74) is 1.03. The quantitative estimate of drug-likeness (QED) is 0.362. The number of ether oxygens (including phenoxy) is 1. The summed E-state index contributed by atoms with van der Waals surface area (Å²) in [6.45, 7) is 0. The average molecular weight is 321 g/mol. The molecule has 0 aliphatic rings. The molecule has 0 bridgehead atoms. The lowest BCUT2D eigenvalue weighted by molar-refractivity contribution is -0.128. The fourth-order valence-electron chi connectivity index (χ4n) is 1.58. The van der Waals surface area contributed by atoms with Crippen molar-refractivity contribution >= 4 is 41.5 Å². The Morgan fingerprint density at radius 3 is 2.33 bits per heavy atom. The first-order chi connectivity index (χ1) is 10.1.